The molecule has 0 saturated heterocycles. The summed E-state index contributed by atoms with van der Waals surface area (Å²) in [4.78, 5) is 15.9. The Labute approximate surface area is 107 Å². The van der Waals surface area contributed by atoms with Gasteiger partial charge in [0.2, 0.25) is 0 Å². The molecule has 5 nitrogen and oxygen atoms in total. The number of hydrogen-bond donors (Lipinski definition) is 2. The van der Waals surface area contributed by atoms with Crippen molar-refractivity contribution >= 4 is 5.91 Å². The molecule has 1 heterocycles. The Morgan fingerprint density at radius 2 is 2.28 bits per heavy atom. The quantitative estimate of drug-likeness (QED) is 0.781. The van der Waals surface area contributed by atoms with Crippen LogP contribution >= 0.6 is 0 Å². The average molecular weight is 249 g/mol. The van der Waals surface area contributed by atoms with E-state index in [1.165, 1.54) is 0 Å². The van der Waals surface area contributed by atoms with Crippen LogP contribution in [0.3, 0.4) is 0 Å². The van der Waals surface area contributed by atoms with Gasteiger partial charge in [-0.2, -0.15) is 0 Å². The molecule has 0 aromatic carbocycles. The van der Waals surface area contributed by atoms with E-state index in [0.29, 0.717) is 18.3 Å². The molecule has 0 aliphatic heterocycles. The number of nitrogens with zero attached hydrogens (tertiary/aromatic N) is 1. The van der Waals surface area contributed by atoms with E-state index in [9.17, 15) is 4.79 Å². The molecular weight excluding hydrogens is 230 g/mol. The zero-order chi connectivity index (χ0) is 13.0. The van der Waals surface area contributed by atoms with E-state index in [0.717, 1.165) is 24.2 Å². The van der Waals surface area contributed by atoms with E-state index in [-0.39, 0.29) is 12.5 Å². The first-order valence-corrected chi connectivity index (χ1v) is 6.22. The first kappa shape index (κ1) is 12.8. The summed E-state index contributed by atoms with van der Waals surface area (Å²) in [5, 5.41) is 5.93. The van der Waals surface area contributed by atoms with Crippen molar-refractivity contribution in [2.24, 2.45) is 0 Å². The van der Waals surface area contributed by atoms with Crippen LogP contribution in [0.25, 0.3) is 0 Å². The lowest BCUT2D eigenvalue weighted by atomic mass is 10.3. The Bertz CT molecular complexity index is 430. The third kappa shape index (κ3) is 3.70. The minimum absolute atomic E-state index is 0.0535. The van der Waals surface area contributed by atoms with Gasteiger partial charge in [-0.25, -0.2) is 0 Å². The van der Waals surface area contributed by atoms with Gasteiger partial charge in [-0.1, -0.05) is 0 Å². The monoisotopic (exact) mass is 249 g/mol. The molecule has 0 radical (unpaired) electrons. The van der Waals surface area contributed by atoms with Gasteiger partial charge in [-0.15, -0.1) is 0 Å². The number of aryl methyl sites for hydroxylation is 1. The fourth-order valence-electron chi connectivity index (χ4n) is 1.66. The molecule has 1 aliphatic rings. The van der Waals surface area contributed by atoms with E-state index < -0.39 is 0 Å². The molecule has 1 saturated carbocycles. The molecule has 98 valence electrons. The highest BCUT2D eigenvalue weighted by Gasteiger charge is 2.23. The van der Waals surface area contributed by atoms with Crippen LogP contribution in [0.15, 0.2) is 12.1 Å². The maximum absolute atomic E-state index is 11.5. The Hall–Kier alpha value is -1.62. The number of nitrogens with one attached hydrogen (secondary N) is 2. The lowest BCUT2D eigenvalue weighted by Crippen LogP contribution is -2.30. The van der Waals surface area contributed by atoms with Crippen LogP contribution in [0, 0.1) is 6.92 Å². The number of hydrogen-bond acceptors (Lipinski definition) is 4. The largest absolute Gasteiger partial charge is 0.482 e. The zero-order valence-corrected chi connectivity index (χ0v) is 10.8. The first-order chi connectivity index (χ1) is 8.69. The molecular formula is C13H19N3O2. The van der Waals surface area contributed by atoms with E-state index in [2.05, 4.69) is 15.6 Å². The second-order valence-electron chi connectivity index (χ2n) is 4.56. The summed E-state index contributed by atoms with van der Waals surface area (Å²) in [7, 11) is 1.85. The fourth-order valence-corrected chi connectivity index (χ4v) is 1.66. The SMILES string of the molecule is CNCc1nc(C)ccc1OCC(=O)NC1CC1. The third-order valence-corrected chi connectivity index (χ3v) is 2.72. The fraction of sp³-hybridized carbons (Fsp3) is 0.538. The predicted molar refractivity (Wildman–Crippen MR) is 68.4 cm³/mol. The topological polar surface area (TPSA) is 63.3 Å². The van der Waals surface area contributed by atoms with Gasteiger partial charge in [0, 0.05) is 18.3 Å². The van der Waals surface area contributed by atoms with Gasteiger partial charge in [0.15, 0.2) is 6.61 Å². The minimum atomic E-state index is -0.0616. The van der Waals surface area contributed by atoms with Gasteiger partial charge in [0.25, 0.3) is 5.91 Å². The molecule has 1 amide bonds. The van der Waals surface area contributed by atoms with Crippen LogP contribution in [0.4, 0.5) is 0 Å². The summed E-state index contributed by atoms with van der Waals surface area (Å²) in [5.41, 5.74) is 1.77. The highest BCUT2D eigenvalue weighted by Crippen LogP contribution is 2.19. The van der Waals surface area contributed by atoms with Crippen molar-refractivity contribution in [3.8, 4) is 5.75 Å². The van der Waals surface area contributed by atoms with E-state index in [1.807, 2.05) is 26.1 Å². The van der Waals surface area contributed by atoms with Crippen molar-refractivity contribution in [3.63, 3.8) is 0 Å². The van der Waals surface area contributed by atoms with Crippen molar-refractivity contribution in [2.75, 3.05) is 13.7 Å². The van der Waals surface area contributed by atoms with Crippen molar-refractivity contribution in [1.82, 2.24) is 15.6 Å². The third-order valence-electron chi connectivity index (χ3n) is 2.72. The smallest absolute Gasteiger partial charge is 0.258 e. The molecule has 1 aromatic rings. The number of pyridine rings is 1. The van der Waals surface area contributed by atoms with Gasteiger partial charge in [0.1, 0.15) is 5.75 Å². The molecule has 0 atom stereocenters. The van der Waals surface area contributed by atoms with Gasteiger partial charge >= 0.3 is 0 Å². The molecule has 1 aromatic heterocycles. The molecule has 5 heteroatoms. The van der Waals surface area contributed by atoms with Gasteiger partial charge in [0.05, 0.1) is 5.69 Å². The molecule has 2 rings (SSSR count). The molecule has 0 unspecified atom stereocenters. The molecule has 1 aliphatic carbocycles. The van der Waals surface area contributed by atoms with Crippen LogP contribution < -0.4 is 15.4 Å². The number of amides is 1. The highest BCUT2D eigenvalue weighted by molar-refractivity contribution is 5.78. The predicted octanol–water partition coefficient (Wildman–Crippen LogP) is 0.767. The van der Waals surface area contributed by atoms with E-state index >= 15 is 0 Å². The molecule has 2 N–H and O–H groups in total. The molecule has 1 fully saturated rings. The summed E-state index contributed by atoms with van der Waals surface area (Å²) >= 11 is 0. The summed E-state index contributed by atoms with van der Waals surface area (Å²) in [6.45, 7) is 2.61. The minimum Gasteiger partial charge on any atom is -0.482 e. The van der Waals surface area contributed by atoms with E-state index in [4.69, 9.17) is 4.74 Å². The second kappa shape index (κ2) is 5.82. The number of carbonyl (C=O) groups is 1. The Balaban J connectivity index is 1.92. The van der Waals surface area contributed by atoms with Crippen LogP contribution in [-0.4, -0.2) is 30.6 Å². The van der Waals surface area contributed by atoms with Gasteiger partial charge < -0.3 is 15.4 Å². The van der Waals surface area contributed by atoms with Crippen LogP contribution in [0.2, 0.25) is 0 Å². The Morgan fingerprint density at radius 3 is 2.94 bits per heavy atom. The maximum Gasteiger partial charge on any atom is 0.258 e. The molecule has 0 spiro atoms. The average Bonchev–Trinajstić information content (AvgIpc) is 3.12. The summed E-state index contributed by atoms with van der Waals surface area (Å²) in [6.07, 6.45) is 2.17. The molecule has 18 heavy (non-hydrogen) atoms. The highest BCUT2D eigenvalue weighted by atomic mass is 16.5. The van der Waals surface area contributed by atoms with Crippen molar-refractivity contribution in [3.05, 3.63) is 23.5 Å². The number of ether oxygens (including phenoxy) is 1. The Kier molecular flexibility index (Phi) is 4.15. The summed E-state index contributed by atoms with van der Waals surface area (Å²) in [5.74, 6) is 0.606. The van der Waals surface area contributed by atoms with E-state index in [1.54, 1.807) is 0 Å². The lowest BCUT2D eigenvalue weighted by molar-refractivity contribution is -0.123. The normalized spacial score (nSPS) is 14.3. The van der Waals surface area contributed by atoms with Crippen LogP contribution in [0.5, 0.6) is 5.75 Å². The zero-order valence-electron chi connectivity index (χ0n) is 10.8. The van der Waals surface area contributed by atoms with Crippen molar-refractivity contribution < 1.29 is 9.53 Å². The van der Waals surface area contributed by atoms with Crippen molar-refractivity contribution in [2.45, 2.75) is 32.4 Å². The standard InChI is InChI=1S/C13H19N3O2/c1-9-3-6-12(11(15-9)7-14-2)18-8-13(17)16-10-4-5-10/h3,6,10,14H,4-5,7-8H2,1-2H3,(H,16,17). The van der Waals surface area contributed by atoms with Gasteiger partial charge in [-0.3, -0.25) is 9.78 Å². The van der Waals surface area contributed by atoms with Crippen molar-refractivity contribution in [1.29, 1.82) is 0 Å². The summed E-state index contributed by atoms with van der Waals surface area (Å²) in [6, 6.07) is 4.11. The number of aromatic nitrogens is 1. The number of carbonyl (C=O) groups excluding carboxylic acids is 1. The first-order valence-electron chi connectivity index (χ1n) is 6.22. The van der Waals surface area contributed by atoms with Crippen LogP contribution in [-0.2, 0) is 11.3 Å². The lowest BCUT2D eigenvalue weighted by Gasteiger charge is -2.11. The second-order valence-corrected chi connectivity index (χ2v) is 4.56. The van der Waals surface area contributed by atoms with Gasteiger partial charge in [-0.05, 0) is 38.9 Å². The number of rotatable bonds is 6. The maximum atomic E-state index is 11.5. The van der Waals surface area contributed by atoms with Crippen LogP contribution in [0.1, 0.15) is 24.2 Å². The molecule has 0 bridgehead atoms. The summed E-state index contributed by atoms with van der Waals surface area (Å²) < 4.78 is 5.52. The Morgan fingerprint density at radius 1 is 1.50 bits per heavy atom.